The van der Waals surface area contributed by atoms with Crippen LogP contribution in [0.25, 0.3) is 0 Å². The number of para-hydroxylation sites is 3. The number of aromatic hydroxyl groups is 4. The van der Waals surface area contributed by atoms with E-state index in [0.717, 1.165) is 0 Å². The molecule has 0 aliphatic heterocycles. The molecule has 0 bridgehead atoms. The van der Waals surface area contributed by atoms with Crippen molar-refractivity contribution < 1.29 is 20.4 Å². The van der Waals surface area contributed by atoms with Gasteiger partial charge < -0.3 is 20.4 Å². The summed E-state index contributed by atoms with van der Waals surface area (Å²) in [6, 6.07) is 33.5. The zero-order valence-corrected chi connectivity index (χ0v) is 19.8. The van der Waals surface area contributed by atoms with Crippen LogP contribution in [-0.2, 0) is 0 Å². The number of hydrogen-bond acceptors (Lipinski definition) is 4. The van der Waals surface area contributed by atoms with E-state index in [1.807, 2.05) is 44.2 Å². The zero-order chi connectivity index (χ0) is 24.9. The van der Waals surface area contributed by atoms with Gasteiger partial charge in [-0.05, 0) is 60.0 Å². The average Bonchev–Trinajstić information content (AvgIpc) is 2.83. The fourth-order valence-electron chi connectivity index (χ4n) is 2.14. The van der Waals surface area contributed by atoms with Gasteiger partial charge in [0.2, 0.25) is 0 Å². The van der Waals surface area contributed by atoms with Crippen LogP contribution in [0.3, 0.4) is 0 Å². The maximum Gasteiger partial charge on any atom is 0.115 e. The molecule has 0 atom stereocenters. The second-order valence-corrected chi connectivity index (χ2v) is 6.75. The normalized spacial score (nSPS) is 8.50. The highest BCUT2D eigenvalue weighted by Crippen LogP contribution is 2.16. The lowest BCUT2D eigenvalue weighted by atomic mass is 10.0. The van der Waals surface area contributed by atoms with E-state index in [2.05, 4.69) is 13.8 Å². The van der Waals surface area contributed by atoms with Crippen LogP contribution in [-0.4, -0.2) is 20.4 Å². The van der Waals surface area contributed by atoms with Crippen LogP contribution >= 0.6 is 0 Å². The summed E-state index contributed by atoms with van der Waals surface area (Å²) < 4.78 is 0. The van der Waals surface area contributed by atoms with Gasteiger partial charge in [-0.3, -0.25) is 0 Å². The number of hydrogen-bond donors (Lipinski definition) is 4. The third kappa shape index (κ3) is 17.7. The van der Waals surface area contributed by atoms with E-state index in [9.17, 15) is 0 Å². The molecule has 0 saturated heterocycles. The van der Waals surface area contributed by atoms with Crippen molar-refractivity contribution in [1.82, 2.24) is 0 Å². The summed E-state index contributed by atoms with van der Waals surface area (Å²) in [5.41, 5.74) is 1.26. The van der Waals surface area contributed by atoms with Crippen molar-refractivity contribution in [2.24, 2.45) is 0 Å². The summed E-state index contributed by atoms with van der Waals surface area (Å²) in [7, 11) is 0. The second-order valence-electron chi connectivity index (χ2n) is 6.75. The summed E-state index contributed by atoms with van der Waals surface area (Å²) in [5.74, 6) is 1.84. The molecule has 0 heterocycles. The van der Waals surface area contributed by atoms with E-state index >= 15 is 0 Å². The molecule has 4 N–H and O–H groups in total. The van der Waals surface area contributed by atoms with Crippen LogP contribution in [0.1, 0.15) is 46.6 Å². The molecule has 0 amide bonds. The first-order chi connectivity index (χ1) is 15.9. The SMILES string of the molecule is C.CC.CC(C)c1ccc(O)cc1.Oc1ccccc1.Oc1ccccc1.Oc1ccccc1. The molecule has 0 saturated carbocycles. The van der Waals surface area contributed by atoms with E-state index < -0.39 is 0 Å². The number of phenols is 4. The fourth-order valence-corrected chi connectivity index (χ4v) is 2.14. The summed E-state index contributed by atoms with van der Waals surface area (Å²) >= 11 is 0. The molecule has 34 heavy (non-hydrogen) atoms. The molecule has 0 radical (unpaired) electrons. The molecule has 0 spiro atoms. The van der Waals surface area contributed by atoms with Crippen LogP contribution in [0.2, 0.25) is 0 Å². The molecule has 4 heteroatoms. The van der Waals surface area contributed by atoms with Gasteiger partial charge in [0, 0.05) is 0 Å². The lowest BCUT2D eigenvalue weighted by Crippen LogP contribution is -1.84. The summed E-state index contributed by atoms with van der Waals surface area (Å²) in [5, 5.41) is 34.8. The predicted octanol–water partition coefficient (Wildman–Crippen LogP) is 8.35. The number of benzene rings is 4. The van der Waals surface area contributed by atoms with Crippen molar-refractivity contribution in [2.75, 3.05) is 0 Å². The van der Waals surface area contributed by atoms with E-state index in [-0.39, 0.29) is 7.43 Å². The van der Waals surface area contributed by atoms with Gasteiger partial charge in [0.05, 0.1) is 0 Å². The first kappa shape index (κ1) is 32.3. The first-order valence-corrected chi connectivity index (χ1v) is 10.9. The third-order valence-corrected chi connectivity index (χ3v) is 3.83. The minimum atomic E-state index is 0. The average molecular weight is 465 g/mol. The third-order valence-electron chi connectivity index (χ3n) is 3.83. The molecule has 0 aromatic heterocycles. The fraction of sp³-hybridized carbons (Fsp3) is 0.200. The minimum Gasteiger partial charge on any atom is -0.508 e. The molecule has 0 fully saturated rings. The van der Waals surface area contributed by atoms with Gasteiger partial charge in [-0.25, -0.2) is 0 Å². The van der Waals surface area contributed by atoms with Crippen molar-refractivity contribution in [3.8, 4) is 23.0 Å². The Morgan fingerprint density at radius 1 is 0.412 bits per heavy atom. The lowest BCUT2D eigenvalue weighted by Gasteiger charge is -2.03. The van der Waals surface area contributed by atoms with Crippen LogP contribution in [0, 0.1) is 0 Å². The van der Waals surface area contributed by atoms with Gasteiger partial charge in [-0.15, -0.1) is 0 Å². The van der Waals surface area contributed by atoms with Gasteiger partial charge in [0.1, 0.15) is 23.0 Å². The maximum absolute atomic E-state index is 8.94. The Hall–Kier alpha value is -3.92. The van der Waals surface area contributed by atoms with Crippen LogP contribution in [0.15, 0.2) is 115 Å². The van der Waals surface area contributed by atoms with Crippen LogP contribution < -0.4 is 0 Å². The Kier molecular flexibility index (Phi) is 19.9. The molecular weight excluding hydrogens is 424 g/mol. The lowest BCUT2D eigenvalue weighted by molar-refractivity contribution is 0.474. The van der Waals surface area contributed by atoms with E-state index in [1.165, 1.54) is 5.56 Å². The summed E-state index contributed by atoms with van der Waals surface area (Å²) in [6.07, 6.45) is 0. The predicted molar refractivity (Wildman–Crippen MR) is 145 cm³/mol. The Morgan fingerprint density at radius 2 is 0.647 bits per heavy atom. The molecule has 4 rings (SSSR count). The van der Waals surface area contributed by atoms with Crippen LogP contribution in [0.4, 0.5) is 0 Å². The highest BCUT2D eigenvalue weighted by Gasteiger charge is 1.96. The molecule has 0 aliphatic carbocycles. The van der Waals surface area contributed by atoms with Crippen molar-refractivity contribution in [3.63, 3.8) is 0 Å². The maximum atomic E-state index is 8.94. The van der Waals surface area contributed by atoms with Gasteiger partial charge in [-0.1, -0.05) is 102 Å². The molecular formula is C30H40O4. The van der Waals surface area contributed by atoms with E-state index in [1.54, 1.807) is 84.9 Å². The highest BCUT2D eigenvalue weighted by atomic mass is 16.3. The number of rotatable bonds is 1. The van der Waals surface area contributed by atoms with E-state index in [0.29, 0.717) is 28.9 Å². The standard InChI is InChI=1S/C9H12O.3C6H6O.C2H6.CH4/c1-7(2)8-3-5-9(10)6-4-8;3*7-6-4-2-1-3-5-6;1-2;/h3-7,10H,1-2H3;3*1-5,7H;1-2H3;1H4. The monoisotopic (exact) mass is 464 g/mol. The Balaban J connectivity index is 0. The quantitative estimate of drug-likeness (QED) is 0.228. The zero-order valence-electron chi connectivity index (χ0n) is 19.8. The van der Waals surface area contributed by atoms with Gasteiger partial charge in [0.25, 0.3) is 0 Å². The Morgan fingerprint density at radius 3 is 0.824 bits per heavy atom. The first-order valence-electron chi connectivity index (χ1n) is 10.9. The van der Waals surface area contributed by atoms with Gasteiger partial charge in [0.15, 0.2) is 0 Å². The largest absolute Gasteiger partial charge is 0.508 e. The van der Waals surface area contributed by atoms with Crippen molar-refractivity contribution in [2.45, 2.75) is 41.0 Å². The second kappa shape index (κ2) is 21.0. The molecule has 4 aromatic rings. The molecule has 0 unspecified atom stereocenters. The highest BCUT2D eigenvalue weighted by molar-refractivity contribution is 5.27. The molecule has 4 aromatic carbocycles. The minimum absolute atomic E-state index is 0. The smallest absolute Gasteiger partial charge is 0.115 e. The molecule has 184 valence electrons. The Bertz CT molecular complexity index is 834. The van der Waals surface area contributed by atoms with Crippen molar-refractivity contribution in [1.29, 1.82) is 0 Å². The summed E-state index contributed by atoms with van der Waals surface area (Å²) in [6.45, 7) is 8.26. The van der Waals surface area contributed by atoms with Gasteiger partial charge >= 0.3 is 0 Å². The van der Waals surface area contributed by atoms with Crippen molar-refractivity contribution >= 4 is 0 Å². The molecule has 0 aliphatic rings. The molecule has 4 nitrogen and oxygen atoms in total. The number of phenolic OH excluding ortho intramolecular Hbond substituents is 4. The topological polar surface area (TPSA) is 80.9 Å². The van der Waals surface area contributed by atoms with Crippen molar-refractivity contribution in [3.05, 3.63) is 121 Å². The van der Waals surface area contributed by atoms with Crippen LogP contribution in [0.5, 0.6) is 23.0 Å². The van der Waals surface area contributed by atoms with Gasteiger partial charge in [-0.2, -0.15) is 0 Å². The Labute approximate surface area is 205 Å². The van der Waals surface area contributed by atoms with E-state index in [4.69, 9.17) is 20.4 Å². The summed E-state index contributed by atoms with van der Waals surface area (Å²) in [4.78, 5) is 0.